The van der Waals surface area contributed by atoms with Gasteiger partial charge in [0.15, 0.2) is 0 Å². The molecule has 0 radical (unpaired) electrons. The summed E-state index contributed by atoms with van der Waals surface area (Å²) >= 11 is 0. The number of nitrogens with two attached hydrogens (primary N) is 1. The first-order chi connectivity index (χ1) is 32.9. The smallest absolute Gasteiger partial charge is 0.303 e. The fourth-order valence-electron chi connectivity index (χ4n) is 8.52. The highest BCUT2D eigenvalue weighted by Crippen LogP contribution is 2.35. The number of hydrogen-bond acceptors (Lipinski definition) is 9. The zero-order valence-corrected chi connectivity index (χ0v) is 38.2. The van der Waals surface area contributed by atoms with Gasteiger partial charge in [-0.1, -0.05) is 103 Å². The quantitative estimate of drug-likeness (QED) is 0.0914. The third-order valence-corrected chi connectivity index (χ3v) is 12.2. The highest BCUT2D eigenvalue weighted by molar-refractivity contribution is 5.97. The predicted octanol–water partition coefficient (Wildman–Crippen LogP) is 2.76. The van der Waals surface area contributed by atoms with Crippen LogP contribution in [0.2, 0.25) is 0 Å². The molecule has 0 saturated carbocycles. The Morgan fingerprint density at radius 3 is 2.19 bits per heavy atom. The Hall–Kier alpha value is -7.17. The van der Waals surface area contributed by atoms with Crippen molar-refractivity contribution in [1.82, 2.24) is 31.5 Å². The van der Waals surface area contributed by atoms with Crippen LogP contribution in [-0.2, 0) is 70.5 Å². The number of carbonyl (C=O) groups excluding carboxylic acids is 6. The van der Waals surface area contributed by atoms with Gasteiger partial charge in [0.1, 0.15) is 12.1 Å². The van der Waals surface area contributed by atoms with Crippen molar-refractivity contribution in [2.45, 2.75) is 70.0 Å². The largest absolute Gasteiger partial charge is 0.481 e. The Balaban J connectivity index is 1.29. The zero-order chi connectivity index (χ0) is 48.3. The lowest BCUT2D eigenvalue weighted by Crippen LogP contribution is -2.58. The van der Waals surface area contributed by atoms with Crippen molar-refractivity contribution >= 4 is 41.4 Å². The van der Waals surface area contributed by atoms with Crippen molar-refractivity contribution in [2.24, 2.45) is 11.1 Å². The molecule has 4 aromatic rings. The molecule has 2 aliphatic heterocycles. The van der Waals surface area contributed by atoms with E-state index >= 15 is 0 Å². The fraction of sp³-hybridized carbons (Fsp3) is 0.365. The fourth-order valence-corrected chi connectivity index (χ4v) is 8.52. The first kappa shape index (κ1) is 50.2. The second-order valence-corrected chi connectivity index (χ2v) is 17.2. The van der Waals surface area contributed by atoms with Crippen LogP contribution in [0.4, 0.5) is 0 Å². The van der Waals surface area contributed by atoms with Crippen LogP contribution in [0, 0.1) is 5.41 Å². The van der Waals surface area contributed by atoms with Gasteiger partial charge in [0.05, 0.1) is 25.0 Å². The average Bonchev–Trinajstić information content (AvgIpc) is 3.34. The lowest BCUT2D eigenvalue weighted by atomic mass is 9.74. The minimum atomic E-state index is -1.13. The van der Waals surface area contributed by atoms with Crippen LogP contribution in [0.15, 0.2) is 115 Å². The van der Waals surface area contributed by atoms with E-state index in [1.54, 1.807) is 29.2 Å². The maximum absolute atomic E-state index is 14.9. The predicted molar refractivity (Wildman–Crippen MR) is 255 cm³/mol. The molecular formula is C52H61N7O9. The van der Waals surface area contributed by atoms with Gasteiger partial charge in [-0.05, 0) is 71.0 Å². The summed E-state index contributed by atoms with van der Waals surface area (Å²) in [6.07, 6.45) is 4.01. The summed E-state index contributed by atoms with van der Waals surface area (Å²) in [6, 6.07) is 29.9. The highest BCUT2D eigenvalue weighted by atomic mass is 16.5. The molecule has 2 heterocycles. The number of aliphatic carboxylic acids is 1. The van der Waals surface area contributed by atoms with Gasteiger partial charge < -0.3 is 47.1 Å². The van der Waals surface area contributed by atoms with Gasteiger partial charge in [-0.3, -0.25) is 33.6 Å². The number of amides is 6. The molecule has 2 aliphatic rings. The molecule has 16 nitrogen and oxygen atoms in total. The van der Waals surface area contributed by atoms with Crippen LogP contribution in [0.3, 0.4) is 0 Å². The molecule has 16 heteroatoms. The maximum atomic E-state index is 14.9. The van der Waals surface area contributed by atoms with Gasteiger partial charge in [0.25, 0.3) is 0 Å². The number of carboxylic acids is 1. The minimum Gasteiger partial charge on any atom is -0.481 e. The van der Waals surface area contributed by atoms with Crippen molar-refractivity contribution in [3.05, 3.63) is 143 Å². The minimum absolute atomic E-state index is 0.00275. The topological polar surface area (TPSA) is 238 Å². The molecule has 68 heavy (non-hydrogen) atoms. The molecular weight excluding hydrogens is 867 g/mol. The van der Waals surface area contributed by atoms with Crippen molar-refractivity contribution in [3.63, 3.8) is 0 Å². The van der Waals surface area contributed by atoms with Crippen molar-refractivity contribution in [3.8, 4) is 11.1 Å². The number of nitrogens with zero attached hydrogens (tertiary/aromatic N) is 1. The summed E-state index contributed by atoms with van der Waals surface area (Å²) in [5.41, 5.74) is 10.0. The van der Waals surface area contributed by atoms with E-state index in [2.05, 4.69) is 26.6 Å². The van der Waals surface area contributed by atoms with Crippen LogP contribution in [-0.4, -0.2) is 109 Å². The van der Waals surface area contributed by atoms with E-state index < -0.39 is 53.0 Å². The van der Waals surface area contributed by atoms with Gasteiger partial charge in [-0.25, -0.2) is 0 Å². The number of piperidine rings is 1. The van der Waals surface area contributed by atoms with E-state index in [0.717, 1.165) is 40.0 Å². The molecule has 0 aromatic heterocycles. The second-order valence-electron chi connectivity index (χ2n) is 17.2. The van der Waals surface area contributed by atoms with E-state index in [1.165, 1.54) is 0 Å². The SMILES string of the molecule is NCCOCCNC(=O)[C@@H]1CCNC(=O)/C=C/C(=O)N2CCC[C@](Cc3ccccc3)(C2)C(=O)N[C@@H](Cc2ccc(-c3ccc(CCC(=O)O)cc3)cc2)C(=O)NCc2ccccc2CC(=O)N1. The highest BCUT2D eigenvalue weighted by Gasteiger charge is 2.44. The molecule has 6 rings (SSSR count). The molecule has 0 spiro atoms. The third kappa shape index (κ3) is 14.9. The van der Waals surface area contributed by atoms with Crippen LogP contribution in [0.1, 0.15) is 53.5 Å². The van der Waals surface area contributed by atoms with Crippen LogP contribution in [0.25, 0.3) is 11.1 Å². The lowest BCUT2D eigenvalue weighted by molar-refractivity contribution is -0.141. The molecule has 358 valence electrons. The van der Waals surface area contributed by atoms with Gasteiger partial charge in [-0.2, -0.15) is 0 Å². The Kier molecular flexibility index (Phi) is 18.5. The van der Waals surface area contributed by atoms with Crippen molar-refractivity contribution in [1.29, 1.82) is 0 Å². The van der Waals surface area contributed by atoms with Crippen LogP contribution in [0.5, 0.6) is 0 Å². The Morgan fingerprint density at radius 1 is 0.794 bits per heavy atom. The number of fused-ring (bicyclic) bond motifs is 3. The molecule has 3 atom stereocenters. The van der Waals surface area contributed by atoms with Gasteiger partial charge in [0, 0.05) is 64.3 Å². The average molecular weight is 928 g/mol. The van der Waals surface area contributed by atoms with Crippen molar-refractivity contribution in [2.75, 3.05) is 45.9 Å². The van der Waals surface area contributed by atoms with Crippen molar-refractivity contribution < 1.29 is 43.4 Å². The Bertz CT molecular complexity index is 2410. The van der Waals surface area contributed by atoms with Crippen LogP contribution >= 0.6 is 0 Å². The van der Waals surface area contributed by atoms with E-state index in [0.29, 0.717) is 50.1 Å². The number of carbonyl (C=O) groups is 7. The number of nitrogens with one attached hydrogen (secondary N) is 5. The summed E-state index contributed by atoms with van der Waals surface area (Å²) in [5, 5.41) is 23.5. The molecule has 2 bridgehead atoms. The normalized spacial score (nSPS) is 20.2. The zero-order valence-electron chi connectivity index (χ0n) is 38.2. The number of carboxylic acid groups (broad SMARTS) is 1. The number of rotatable bonds is 14. The Labute approximate surface area is 396 Å². The standard InChI is InChI=1S/C52H61N7O9/c53-25-29-68-30-27-55-49(65)43-23-26-54-45(60)20-21-47(62)59-28-6-24-52(35-59,33-38-7-2-1-3-8-38)51(67)58-44(50(66)56-34-42-10-5-4-9-41(42)32-46(61)57-43)31-37-13-18-40(19-14-37)39-16-11-36(12-17-39)15-22-48(63)64/h1-5,7-14,16-21,43-44H,6,15,22-35,53H2,(H,54,60)(H,55,65)(H,56,66)(H,57,61)(H,58,67)(H,63,64)/b21-20+/t43-,44-,52-/m0/s1. The molecule has 6 amide bonds. The van der Waals surface area contributed by atoms with E-state index in [9.17, 15) is 33.6 Å². The molecule has 0 aliphatic carbocycles. The monoisotopic (exact) mass is 927 g/mol. The summed E-state index contributed by atoms with van der Waals surface area (Å²) in [5.74, 6) is -3.68. The Morgan fingerprint density at radius 2 is 1.49 bits per heavy atom. The number of benzene rings is 4. The maximum Gasteiger partial charge on any atom is 0.303 e. The second kappa shape index (κ2) is 25.1. The van der Waals surface area contributed by atoms with Gasteiger partial charge in [-0.15, -0.1) is 0 Å². The van der Waals surface area contributed by atoms with Gasteiger partial charge in [0.2, 0.25) is 35.4 Å². The number of hydrogen-bond donors (Lipinski definition) is 7. The summed E-state index contributed by atoms with van der Waals surface area (Å²) in [6.45, 7) is 1.46. The first-order valence-corrected chi connectivity index (χ1v) is 23.1. The summed E-state index contributed by atoms with van der Waals surface area (Å²) < 4.78 is 5.37. The molecule has 1 fully saturated rings. The van der Waals surface area contributed by atoms with E-state index in [4.69, 9.17) is 15.6 Å². The summed E-state index contributed by atoms with van der Waals surface area (Å²) in [4.78, 5) is 95.7. The van der Waals surface area contributed by atoms with E-state index in [-0.39, 0.29) is 70.8 Å². The molecule has 8 N–H and O–H groups in total. The van der Waals surface area contributed by atoms with Gasteiger partial charge >= 0.3 is 5.97 Å². The molecule has 1 saturated heterocycles. The summed E-state index contributed by atoms with van der Waals surface area (Å²) in [7, 11) is 0. The first-order valence-electron chi connectivity index (χ1n) is 23.1. The number of aryl methyl sites for hydroxylation is 1. The van der Waals surface area contributed by atoms with E-state index in [1.807, 2.05) is 78.9 Å². The third-order valence-electron chi connectivity index (χ3n) is 12.2. The molecule has 4 aromatic carbocycles. The number of ether oxygens (including phenoxy) is 1. The molecule has 0 unspecified atom stereocenters. The van der Waals surface area contributed by atoms with Crippen LogP contribution < -0.4 is 32.3 Å². The lowest BCUT2D eigenvalue weighted by Gasteiger charge is -2.42.